The van der Waals surface area contributed by atoms with Gasteiger partial charge in [-0.1, -0.05) is 0 Å². The lowest BCUT2D eigenvalue weighted by atomic mass is 10.7. The van der Waals surface area contributed by atoms with Crippen LogP contribution in [0.5, 0.6) is 6.01 Å². The van der Waals surface area contributed by atoms with Crippen LogP contribution in [-0.2, 0) is 4.79 Å². The van der Waals surface area contributed by atoms with Crippen molar-refractivity contribution in [1.29, 1.82) is 0 Å². The third-order valence-electron chi connectivity index (χ3n) is 0.812. The number of nitrogens with zero attached hydrogens (tertiary/aromatic N) is 2. The van der Waals surface area contributed by atoms with E-state index in [1.807, 2.05) is 0 Å². The number of aryl methyl sites for hydroxylation is 1. The fourth-order valence-corrected chi connectivity index (χ4v) is 0.496. The van der Waals surface area contributed by atoms with Crippen molar-refractivity contribution in [3.05, 3.63) is 5.82 Å². The number of rotatable bonds is 1. The van der Waals surface area contributed by atoms with Crippen molar-refractivity contribution in [2.75, 3.05) is 0 Å². The lowest BCUT2D eigenvalue weighted by Crippen LogP contribution is -2.02. The molecule has 5 heteroatoms. The van der Waals surface area contributed by atoms with Gasteiger partial charge in [-0.05, 0) is 6.92 Å². The number of aromatic amines is 1. The number of carbonyl (C=O) groups is 1. The molecule has 0 aromatic carbocycles. The fourth-order valence-electron chi connectivity index (χ4n) is 0.496. The second kappa shape index (κ2) is 2.47. The molecule has 0 aliphatic carbocycles. The monoisotopic (exact) mass is 141 g/mol. The van der Waals surface area contributed by atoms with Gasteiger partial charge >= 0.3 is 12.0 Å². The number of nitrogens with one attached hydrogen (secondary N) is 1. The van der Waals surface area contributed by atoms with Gasteiger partial charge < -0.3 is 4.74 Å². The Kier molecular flexibility index (Phi) is 1.66. The summed E-state index contributed by atoms with van der Waals surface area (Å²) in [4.78, 5) is 14.0. The van der Waals surface area contributed by atoms with Gasteiger partial charge in [-0.15, -0.1) is 5.10 Å². The molecule has 0 radical (unpaired) electrons. The molecule has 1 aromatic heterocycles. The van der Waals surface area contributed by atoms with E-state index in [1.54, 1.807) is 6.92 Å². The Balaban J connectivity index is 2.67. The van der Waals surface area contributed by atoms with Crippen molar-refractivity contribution in [3.8, 4) is 6.01 Å². The van der Waals surface area contributed by atoms with Gasteiger partial charge in [0.15, 0.2) is 0 Å². The maximum Gasteiger partial charge on any atom is 0.343 e. The van der Waals surface area contributed by atoms with Crippen LogP contribution >= 0.6 is 0 Å². The minimum absolute atomic E-state index is 0.0741. The lowest BCUT2D eigenvalue weighted by Gasteiger charge is -1.88. The quantitative estimate of drug-likeness (QED) is 0.560. The average molecular weight is 141 g/mol. The summed E-state index contributed by atoms with van der Waals surface area (Å²) in [7, 11) is 0. The number of aromatic nitrogens is 3. The van der Waals surface area contributed by atoms with Crippen molar-refractivity contribution in [2.45, 2.75) is 13.8 Å². The van der Waals surface area contributed by atoms with Gasteiger partial charge in [0, 0.05) is 6.92 Å². The molecule has 10 heavy (non-hydrogen) atoms. The smallest absolute Gasteiger partial charge is 0.343 e. The second-order valence-corrected chi connectivity index (χ2v) is 1.80. The summed E-state index contributed by atoms with van der Waals surface area (Å²) in [5.41, 5.74) is 0. The molecule has 0 aliphatic heterocycles. The topological polar surface area (TPSA) is 67.9 Å². The second-order valence-electron chi connectivity index (χ2n) is 1.80. The van der Waals surface area contributed by atoms with E-state index in [0.29, 0.717) is 5.82 Å². The van der Waals surface area contributed by atoms with E-state index in [0.717, 1.165) is 0 Å². The van der Waals surface area contributed by atoms with E-state index in [1.165, 1.54) is 6.92 Å². The first-order valence-electron chi connectivity index (χ1n) is 2.76. The Bertz CT molecular complexity index is 243. The number of hydrogen-bond donors (Lipinski definition) is 1. The molecule has 1 N–H and O–H groups in total. The summed E-state index contributed by atoms with van der Waals surface area (Å²) >= 11 is 0. The van der Waals surface area contributed by atoms with Crippen molar-refractivity contribution in [2.24, 2.45) is 0 Å². The molecule has 0 bridgehead atoms. The van der Waals surface area contributed by atoms with Crippen LogP contribution in [-0.4, -0.2) is 21.2 Å². The molecule has 0 unspecified atom stereocenters. The van der Waals surface area contributed by atoms with Gasteiger partial charge in [0.25, 0.3) is 0 Å². The molecule has 0 amide bonds. The van der Waals surface area contributed by atoms with Crippen molar-refractivity contribution < 1.29 is 9.53 Å². The van der Waals surface area contributed by atoms with E-state index in [2.05, 4.69) is 19.9 Å². The Labute approximate surface area is 57.4 Å². The first kappa shape index (κ1) is 6.73. The Morgan fingerprint density at radius 2 is 2.40 bits per heavy atom. The normalized spacial score (nSPS) is 9.40. The molecule has 54 valence electrons. The molecule has 0 saturated carbocycles. The number of esters is 1. The highest BCUT2D eigenvalue weighted by molar-refractivity contribution is 5.68. The summed E-state index contributed by atoms with van der Waals surface area (Å²) < 4.78 is 4.54. The predicted molar refractivity (Wildman–Crippen MR) is 32.4 cm³/mol. The molecule has 1 aromatic rings. The number of H-pyrrole nitrogens is 1. The zero-order valence-electron chi connectivity index (χ0n) is 5.71. The summed E-state index contributed by atoms with van der Waals surface area (Å²) in [6.45, 7) is 3.02. The van der Waals surface area contributed by atoms with E-state index in [-0.39, 0.29) is 6.01 Å². The van der Waals surface area contributed by atoms with Gasteiger partial charge in [-0.3, -0.25) is 9.89 Å². The molecule has 1 rings (SSSR count). The highest BCUT2D eigenvalue weighted by atomic mass is 16.5. The molecule has 0 saturated heterocycles. The predicted octanol–water partition coefficient (Wildman–Crippen LogP) is 0.0384. The van der Waals surface area contributed by atoms with Crippen LogP contribution in [0.4, 0.5) is 0 Å². The Morgan fingerprint density at radius 1 is 1.70 bits per heavy atom. The first-order chi connectivity index (χ1) is 4.68. The molecular formula is C5H7N3O2. The van der Waals surface area contributed by atoms with Gasteiger partial charge in [-0.25, -0.2) is 0 Å². The summed E-state index contributed by atoms with van der Waals surface area (Å²) in [6.07, 6.45) is 0. The summed E-state index contributed by atoms with van der Waals surface area (Å²) in [5, 5.41) is 6.11. The van der Waals surface area contributed by atoms with Gasteiger partial charge in [-0.2, -0.15) is 4.98 Å². The molecule has 5 nitrogen and oxygen atoms in total. The minimum atomic E-state index is -0.418. The Hall–Kier alpha value is -1.39. The van der Waals surface area contributed by atoms with Gasteiger partial charge in [0.2, 0.25) is 0 Å². The van der Waals surface area contributed by atoms with E-state index < -0.39 is 5.97 Å². The molecule has 0 atom stereocenters. The van der Waals surface area contributed by atoms with Gasteiger partial charge in [0.1, 0.15) is 5.82 Å². The zero-order chi connectivity index (χ0) is 7.56. The fraction of sp³-hybridized carbons (Fsp3) is 0.400. The molecule has 1 heterocycles. The average Bonchev–Trinajstić information content (AvgIpc) is 2.13. The molecule has 0 aliphatic rings. The SMILES string of the molecule is CC(=O)Oc1n[nH]c(C)n1. The number of hydrogen-bond acceptors (Lipinski definition) is 4. The molecular weight excluding hydrogens is 134 g/mol. The first-order valence-corrected chi connectivity index (χ1v) is 2.76. The minimum Gasteiger partial charge on any atom is -0.390 e. The summed E-state index contributed by atoms with van der Waals surface area (Å²) in [5.74, 6) is 0.204. The van der Waals surface area contributed by atoms with Crippen molar-refractivity contribution >= 4 is 5.97 Å². The van der Waals surface area contributed by atoms with Crippen LogP contribution in [0.3, 0.4) is 0 Å². The summed E-state index contributed by atoms with van der Waals surface area (Å²) in [6, 6.07) is 0.0741. The Morgan fingerprint density at radius 3 is 2.80 bits per heavy atom. The van der Waals surface area contributed by atoms with Crippen LogP contribution < -0.4 is 4.74 Å². The highest BCUT2D eigenvalue weighted by Gasteiger charge is 2.01. The van der Waals surface area contributed by atoms with Crippen molar-refractivity contribution in [3.63, 3.8) is 0 Å². The zero-order valence-corrected chi connectivity index (χ0v) is 5.71. The number of carbonyl (C=O) groups excluding carboxylic acids is 1. The third-order valence-corrected chi connectivity index (χ3v) is 0.812. The van der Waals surface area contributed by atoms with Crippen LogP contribution in [0.25, 0.3) is 0 Å². The van der Waals surface area contributed by atoms with Crippen LogP contribution in [0.1, 0.15) is 12.7 Å². The number of ether oxygens (including phenoxy) is 1. The van der Waals surface area contributed by atoms with Crippen LogP contribution in [0, 0.1) is 6.92 Å². The largest absolute Gasteiger partial charge is 0.390 e. The van der Waals surface area contributed by atoms with E-state index in [4.69, 9.17) is 0 Å². The molecule has 0 spiro atoms. The lowest BCUT2D eigenvalue weighted by molar-refractivity contribution is -0.132. The highest BCUT2D eigenvalue weighted by Crippen LogP contribution is 1.99. The standard InChI is InChI=1S/C5H7N3O2/c1-3-6-5(8-7-3)10-4(2)9/h1-2H3,(H,6,7,8). The van der Waals surface area contributed by atoms with Crippen molar-refractivity contribution in [1.82, 2.24) is 15.2 Å². The van der Waals surface area contributed by atoms with E-state index in [9.17, 15) is 4.79 Å². The van der Waals surface area contributed by atoms with E-state index >= 15 is 0 Å². The maximum absolute atomic E-state index is 10.3. The van der Waals surface area contributed by atoms with Gasteiger partial charge in [0.05, 0.1) is 0 Å². The van der Waals surface area contributed by atoms with Crippen LogP contribution in [0.2, 0.25) is 0 Å². The van der Waals surface area contributed by atoms with Crippen LogP contribution in [0.15, 0.2) is 0 Å². The molecule has 0 fully saturated rings. The maximum atomic E-state index is 10.3. The third kappa shape index (κ3) is 1.54.